The molecule has 3 heterocycles. The molecule has 4 rings (SSSR count). The SMILES string of the molecule is O=c1n(Cc2cn(CC3CCCCC3)nn2)nc2n1CCCCC2. The largest absolute Gasteiger partial charge is 0.346 e. The maximum Gasteiger partial charge on any atom is 0.346 e. The lowest BCUT2D eigenvalue weighted by Crippen LogP contribution is -2.25. The zero-order valence-electron chi connectivity index (χ0n) is 14.2. The molecule has 0 amide bonds. The fourth-order valence-electron chi connectivity index (χ4n) is 4.02. The smallest absolute Gasteiger partial charge is 0.279 e. The van der Waals surface area contributed by atoms with Crippen LogP contribution in [0.5, 0.6) is 0 Å². The van der Waals surface area contributed by atoms with Crippen LogP contribution >= 0.6 is 0 Å². The van der Waals surface area contributed by atoms with Crippen LogP contribution in [0.4, 0.5) is 0 Å². The number of fused-ring (bicyclic) bond motifs is 1. The minimum Gasteiger partial charge on any atom is -0.279 e. The minimum atomic E-state index is -0.00581. The van der Waals surface area contributed by atoms with Crippen molar-refractivity contribution in [3.63, 3.8) is 0 Å². The molecule has 24 heavy (non-hydrogen) atoms. The third-order valence-corrected chi connectivity index (χ3v) is 5.35. The molecule has 0 bridgehead atoms. The summed E-state index contributed by atoms with van der Waals surface area (Å²) in [5, 5.41) is 13.0. The first-order valence-corrected chi connectivity index (χ1v) is 9.35. The number of rotatable bonds is 4. The Kier molecular flexibility index (Phi) is 4.49. The Morgan fingerprint density at radius 2 is 1.92 bits per heavy atom. The van der Waals surface area contributed by atoms with E-state index in [-0.39, 0.29) is 5.69 Å². The molecule has 1 aliphatic heterocycles. The highest BCUT2D eigenvalue weighted by Crippen LogP contribution is 2.24. The molecule has 0 radical (unpaired) electrons. The Bertz CT molecular complexity index is 737. The summed E-state index contributed by atoms with van der Waals surface area (Å²) in [6.07, 6.45) is 12.9. The van der Waals surface area contributed by atoms with E-state index in [1.807, 2.05) is 15.4 Å². The van der Waals surface area contributed by atoms with Gasteiger partial charge in [-0.1, -0.05) is 30.9 Å². The second-order valence-electron chi connectivity index (χ2n) is 7.25. The maximum absolute atomic E-state index is 12.5. The van der Waals surface area contributed by atoms with Gasteiger partial charge in [-0.3, -0.25) is 9.25 Å². The third-order valence-electron chi connectivity index (χ3n) is 5.35. The Morgan fingerprint density at radius 3 is 2.79 bits per heavy atom. The first kappa shape index (κ1) is 15.6. The second-order valence-corrected chi connectivity index (χ2v) is 7.25. The molecular formula is C17H26N6O. The molecule has 2 aromatic heterocycles. The van der Waals surface area contributed by atoms with Gasteiger partial charge in [0.25, 0.3) is 0 Å². The predicted molar refractivity (Wildman–Crippen MR) is 89.7 cm³/mol. The van der Waals surface area contributed by atoms with Gasteiger partial charge in [0.1, 0.15) is 11.5 Å². The van der Waals surface area contributed by atoms with Crippen LogP contribution < -0.4 is 5.69 Å². The van der Waals surface area contributed by atoms with E-state index in [0.29, 0.717) is 6.54 Å². The maximum atomic E-state index is 12.5. The van der Waals surface area contributed by atoms with Crippen molar-refractivity contribution >= 4 is 0 Å². The lowest BCUT2D eigenvalue weighted by atomic mass is 9.89. The summed E-state index contributed by atoms with van der Waals surface area (Å²) in [7, 11) is 0. The molecule has 0 atom stereocenters. The topological polar surface area (TPSA) is 70.5 Å². The van der Waals surface area contributed by atoms with Crippen molar-refractivity contribution < 1.29 is 0 Å². The van der Waals surface area contributed by atoms with Crippen LogP contribution in [-0.4, -0.2) is 29.3 Å². The van der Waals surface area contributed by atoms with E-state index in [1.165, 1.54) is 38.5 Å². The van der Waals surface area contributed by atoms with Crippen molar-refractivity contribution in [3.8, 4) is 0 Å². The molecule has 130 valence electrons. The monoisotopic (exact) mass is 330 g/mol. The lowest BCUT2D eigenvalue weighted by molar-refractivity contribution is 0.305. The summed E-state index contributed by atoms with van der Waals surface area (Å²) < 4.78 is 5.33. The van der Waals surface area contributed by atoms with E-state index in [2.05, 4.69) is 15.4 Å². The van der Waals surface area contributed by atoms with Gasteiger partial charge in [0.2, 0.25) is 0 Å². The number of aryl methyl sites for hydroxylation is 1. The van der Waals surface area contributed by atoms with Crippen LogP contribution in [0.1, 0.15) is 62.9 Å². The van der Waals surface area contributed by atoms with Gasteiger partial charge in [-0.15, -0.1) is 5.10 Å². The average Bonchev–Trinajstić information content (AvgIpc) is 3.05. The van der Waals surface area contributed by atoms with E-state index in [1.54, 1.807) is 4.68 Å². The van der Waals surface area contributed by atoms with E-state index in [9.17, 15) is 4.79 Å². The molecule has 1 fully saturated rings. The summed E-state index contributed by atoms with van der Waals surface area (Å²) >= 11 is 0. The van der Waals surface area contributed by atoms with Gasteiger partial charge in [-0.2, -0.15) is 5.10 Å². The molecule has 0 N–H and O–H groups in total. The predicted octanol–water partition coefficient (Wildman–Crippen LogP) is 1.99. The Balaban J connectivity index is 1.45. The van der Waals surface area contributed by atoms with Crippen molar-refractivity contribution in [1.82, 2.24) is 29.3 Å². The van der Waals surface area contributed by atoms with Gasteiger partial charge in [0, 0.05) is 19.5 Å². The van der Waals surface area contributed by atoms with Crippen molar-refractivity contribution in [3.05, 3.63) is 28.2 Å². The Labute approximate surface area is 141 Å². The molecule has 7 heteroatoms. The second kappa shape index (κ2) is 6.91. The number of nitrogens with zero attached hydrogens (tertiary/aromatic N) is 6. The van der Waals surface area contributed by atoms with Gasteiger partial charge in [-0.25, -0.2) is 9.48 Å². The van der Waals surface area contributed by atoms with Crippen LogP contribution in [-0.2, 0) is 26.1 Å². The van der Waals surface area contributed by atoms with Crippen LogP contribution in [0, 0.1) is 5.92 Å². The number of hydrogen-bond donors (Lipinski definition) is 0. The molecule has 2 aromatic rings. The summed E-state index contributed by atoms with van der Waals surface area (Å²) in [4.78, 5) is 12.5. The molecule has 0 unspecified atom stereocenters. The third kappa shape index (κ3) is 3.30. The number of aromatic nitrogens is 6. The lowest BCUT2D eigenvalue weighted by Gasteiger charge is -2.20. The highest BCUT2D eigenvalue weighted by atomic mass is 16.2. The molecule has 7 nitrogen and oxygen atoms in total. The molecule has 2 aliphatic rings. The first-order valence-electron chi connectivity index (χ1n) is 9.35. The fourth-order valence-corrected chi connectivity index (χ4v) is 4.02. The van der Waals surface area contributed by atoms with Gasteiger partial charge in [0.05, 0.1) is 12.7 Å². The Morgan fingerprint density at radius 1 is 1.08 bits per heavy atom. The van der Waals surface area contributed by atoms with Gasteiger partial charge in [-0.05, 0) is 31.6 Å². The van der Waals surface area contributed by atoms with Gasteiger partial charge in [0.15, 0.2) is 0 Å². The molecule has 0 aromatic carbocycles. The summed E-state index contributed by atoms with van der Waals surface area (Å²) in [6, 6.07) is 0. The summed E-state index contributed by atoms with van der Waals surface area (Å²) in [5.74, 6) is 1.65. The normalized spacial score (nSPS) is 19.2. The van der Waals surface area contributed by atoms with Crippen LogP contribution in [0.3, 0.4) is 0 Å². The molecule has 1 saturated carbocycles. The van der Waals surface area contributed by atoms with Crippen molar-refractivity contribution in [2.75, 3.05) is 0 Å². The minimum absolute atomic E-state index is 0.00581. The van der Waals surface area contributed by atoms with Crippen molar-refractivity contribution in [2.45, 2.75) is 77.4 Å². The summed E-state index contributed by atoms with van der Waals surface area (Å²) in [5.41, 5.74) is 0.815. The molecule has 0 saturated heterocycles. The zero-order chi connectivity index (χ0) is 16.4. The van der Waals surface area contributed by atoms with Crippen LogP contribution in [0.25, 0.3) is 0 Å². The Hall–Kier alpha value is -1.92. The number of hydrogen-bond acceptors (Lipinski definition) is 4. The van der Waals surface area contributed by atoms with Crippen molar-refractivity contribution in [2.24, 2.45) is 5.92 Å². The highest BCUT2D eigenvalue weighted by molar-refractivity contribution is 4.96. The van der Waals surface area contributed by atoms with Crippen molar-refractivity contribution in [1.29, 1.82) is 0 Å². The molecule has 0 spiro atoms. The zero-order valence-corrected chi connectivity index (χ0v) is 14.2. The quantitative estimate of drug-likeness (QED) is 0.859. The van der Waals surface area contributed by atoms with Gasteiger partial charge >= 0.3 is 5.69 Å². The molecular weight excluding hydrogens is 304 g/mol. The highest BCUT2D eigenvalue weighted by Gasteiger charge is 2.18. The summed E-state index contributed by atoms with van der Waals surface area (Å²) in [6.45, 7) is 2.16. The van der Waals surface area contributed by atoms with E-state index in [0.717, 1.165) is 49.8 Å². The first-order chi connectivity index (χ1) is 11.8. The van der Waals surface area contributed by atoms with Gasteiger partial charge < -0.3 is 0 Å². The molecule has 1 aliphatic carbocycles. The average molecular weight is 330 g/mol. The van der Waals surface area contributed by atoms with Crippen LogP contribution in [0.2, 0.25) is 0 Å². The standard InChI is InChI=1S/C17H26N6O/c24-17-22-10-6-2-5-9-16(22)19-23(17)13-15-12-21(20-18-15)11-14-7-3-1-4-8-14/h12,14H,1-11,13H2. The van der Waals surface area contributed by atoms with Crippen LogP contribution in [0.15, 0.2) is 11.0 Å². The van der Waals surface area contributed by atoms with E-state index in [4.69, 9.17) is 0 Å². The van der Waals surface area contributed by atoms with E-state index < -0.39 is 0 Å². The van der Waals surface area contributed by atoms with E-state index >= 15 is 0 Å². The fraction of sp³-hybridized carbons (Fsp3) is 0.765.